The van der Waals surface area contributed by atoms with E-state index in [9.17, 15) is 48.4 Å². The molecule has 0 spiro atoms. The van der Waals surface area contributed by atoms with Gasteiger partial charge in [0.15, 0.2) is 30.0 Å². The third kappa shape index (κ3) is 11.4. The van der Waals surface area contributed by atoms with E-state index >= 15 is 0 Å². The first kappa shape index (κ1) is 46.3. The molecule has 1 amide bonds. The lowest BCUT2D eigenvalue weighted by atomic mass is 10.1. The Hall–Kier alpha value is -5.21. The first-order chi connectivity index (χ1) is 29.4. The van der Waals surface area contributed by atoms with Crippen LogP contribution in [0.3, 0.4) is 0 Å². The zero-order chi connectivity index (χ0) is 44.8. The van der Waals surface area contributed by atoms with Gasteiger partial charge in [0.2, 0.25) is 5.91 Å². The molecule has 2 aliphatic heterocycles. The fourth-order valence-corrected chi connectivity index (χ4v) is 7.76. The number of rotatable bonds is 20. The molecule has 2 saturated heterocycles. The van der Waals surface area contributed by atoms with Gasteiger partial charge in [0.25, 0.3) is 0 Å². The third-order valence-corrected chi connectivity index (χ3v) is 10.8. The van der Waals surface area contributed by atoms with Gasteiger partial charge in [-0.05, 0) is 24.6 Å². The maximum Gasteiger partial charge on any atom is 0.472 e. The summed E-state index contributed by atoms with van der Waals surface area (Å²) in [4.78, 5) is 85.7. The van der Waals surface area contributed by atoms with E-state index in [0.29, 0.717) is 12.2 Å². The van der Waals surface area contributed by atoms with Gasteiger partial charge in [-0.15, -0.1) is 6.58 Å². The number of phosphoric ester groups is 2. The minimum Gasteiger partial charge on any atom is -0.492 e. The number of nitrogens with two attached hydrogens (primary N) is 2. The molecule has 336 valence electrons. The largest absolute Gasteiger partial charge is 0.492 e. The average Bonchev–Trinajstić information content (AvgIpc) is 3.88. The molecule has 0 radical (unpaired) electrons. The molecule has 9 atom stereocenters. The van der Waals surface area contributed by atoms with Crippen LogP contribution < -0.4 is 21.9 Å². The normalized spacial score (nSPS) is 24.7. The van der Waals surface area contributed by atoms with E-state index in [1.165, 1.54) is 27.9 Å². The molecule has 62 heavy (non-hydrogen) atoms. The quantitative estimate of drug-likeness (QED) is 0.0323. The Morgan fingerprint density at radius 3 is 2.31 bits per heavy atom. The number of carbonyl (C=O) groups is 2. The number of nitrogen functional groups attached to an aromatic ring is 2. The van der Waals surface area contributed by atoms with E-state index in [1.807, 2.05) is 0 Å². The van der Waals surface area contributed by atoms with Crippen molar-refractivity contribution >= 4 is 50.3 Å². The predicted octanol–water partition coefficient (Wildman–Crippen LogP) is -0.839. The molecule has 28 heteroatoms. The maximum atomic E-state index is 13.6. The van der Waals surface area contributed by atoms with Crippen molar-refractivity contribution in [1.29, 1.82) is 0 Å². The Balaban J connectivity index is 1.21. The van der Waals surface area contributed by atoms with Crippen LogP contribution in [0.1, 0.15) is 25.3 Å². The lowest BCUT2D eigenvalue weighted by Gasteiger charge is -2.26. The summed E-state index contributed by atoms with van der Waals surface area (Å²) in [6, 6.07) is 9.90. The van der Waals surface area contributed by atoms with Crippen LogP contribution in [0.2, 0.25) is 0 Å². The first-order valence-corrected chi connectivity index (χ1v) is 21.5. The second kappa shape index (κ2) is 19.9. The summed E-state index contributed by atoms with van der Waals surface area (Å²) < 4.78 is 65.0. The highest BCUT2D eigenvalue weighted by atomic mass is 31.2. The van der Waals surface area contributed by atoms with Crippen molar-refractivity contribution in [3.05, 3.63) is 78.4 Å². The Morgan fingerprint density at radius 2 is 1.61 bits per heavy atom. The van der Waals surface area contributed by atoms with Gasteiger partial charge in [0.05, 0.1) is 26.1 Å². The molecular formula is C34H43N9O17P2. The number of hydrogen-bond acceptors (Lipinski definition) is 20. The number of ether oxygens (including phenoxy) is 4. The van der Waals surface area contributed by atoms with Crippen molar-refractivity contribution in [3.8, 4) is 5.75 Å². The zero-order valence-electron chi connectivity index (χ0n) is 32.4. The highest BCUT2D eigenvalue weighted by molar-refractivity contribution is 7.47. The van der Waals surface area contributed by atoms with Crippen molar-refractivity contribution in [2.24, 2.45) is 0 Å². The van der Waals surface area contributed by atoms with Gasteiger partial charge < -0.3 is 60.2 Å². The molecule has 2 fully saturated rings. The van der Waals surface area contributed by atoms with Gasteiger partial charge in [0, 0.05) is 12.6 Å². The molecule has 1 aromatic carbocycles. The second-order valence-corrected chi connectivity index (χ2v) is 16.3. The standard InChI is InChI=1S/C34H43N9O17P2/c1-2-3-9-23(44)41(12-13-54-19-7-5-4-6-8-19)14-24(45)59-28-20(57-33(26(28)46)43-18-39-25-30(36)37-17-38-31(25)43)16-56-62(52,53)60-29-21(15-55-61(49,50)51)58-32(27(29)47)42-11-10-22(35)40-34(42)48/h2,4-8,10-11,17-18,20-21,26-29,32-33,46-47H,1,3,9,12-16H2,(H,52,53)(H2,35,40,48)(H2,36,37,38)(H2,49,50,51)/t20-,21-,26-,27-,28-,29-,32-,33-/m1/s1. The van der Waals surface area contributed by atoms with Crippen LogP contribution in [0, 0.1) is 0 Å². The van der Waals surface area contributed by atoms with Gasteiger partial charge in [-0.2, -0.15) is 4.98 Å². The number of esters is 1. The highest BCUT2D eigenvalue weighted by Gasteiger charge is 2.52. The molecule has 2 aliphatic rings. The molecule has 4 aromatic rings. The van der Waals surface area contributed by atoms with Crippen LogP contribution in [-0.2, 0) is 46.5 Å². The Labute approximate surface area is 350 Å². The fraction of sp³-hybridized carbons (Fsp3) is 0.441. The van der Waals surface area contributed by atoms with Gasteiger partial charge in [-0.1, -0.05) is 24.3 Å². The van der Waals surface area contributed by atoms with Crippen LogP contribution in [-0.4, -0.2) is 140 Å². The van der Waals surface area contributed by atoms with Crippen LogP contribution in [0.4, 0.5) is 11.6 Å². The number of anilines is 2. The van der Waals surface area contributed by atoms with E-state index in [-0.39, 0.29) is 42.4 Å². The van der Waals surface area contributed by atoms with Crippen LogP contribution >= 0.6 is 15.6 Å². The number of nitrogens with zero attached hydrogens (tertiary/aromatic N) is 7. The predicted molar refractivity (Wildman–Crippen MR) is 209 cm³/mol. The number of benzene rings is 1. The Morgan fingerprint density at radius 1 is 0.935 bits per heavy atom. The number of aromatic nitrogens is 6. The number of imidazole rings is 1. The molecule has 5 heterocycles. The van der Waals surface area contributed by atoms with Crippen LogP contribution in [0.15, 0.2) is 72.7 Å². The molecular weight excluding hydrogens is 868 g/mol. The molecule has 0 aliphatic carbocycles. The zero-order valence-corrected chi connectivity index (χ0v) is 34.2. The molecule has 6 rings (SSSR count). The number of para-hydroxylation sites is 1. The van der Waals surface area contributed by atoms with Crippen molar-refractivity contribution in [2.45, 2.75) is 61.9 Å². The van der Waals surface area contributed by atoms with E-state index in [2.05, 4.69) is 31.0 Å². The minimum absolute atomic E-state index is 0.00166. The summed E-state index contributed by atoms with van der Waals surface area (Å²) in [6.07, 6.45) is -8.56. The molecule has 0 saturated carbocycles. The summed E-state index contributed by atoms with van der Waals surface area (Å²) in [5.74, 6) is -1.15. The third-order valence-electron chi connectivity index (χ3n) is 9.35. The number of amides is 1. The minimum atomic E-state index is -5.41. The Kier molecular flexibility index (Phi) is 14.8. The van der Waals surface area contributed by atoms with Crippen molar-refractivity contribution < 1.29 is 76.1 Å². The van der Waals surface area contributed by atoms with Crippen molar-refractivity contribution in [2.75, 3.05) is 44.4 Å². The topological polar surface area (TPSA) is 368 Å². The molecule has 26 nitrogen and oxygen atoms in total. The first-order valence-electron chi connectivity index (χ1n) is 18.5. The summed E-state index contributed by atoms with van der Waals surface area (Å²) in [5.41, 5.74) is 10.7. The van der Waals surface area contributed by atoms with Crippen LogP contribution in [0.25, 0.3) is 11.2 Å². The smallest absolute Gasteiger partial charge is 0.472 e. The molecule has 3 aromatic heterocycles. The molecule has 9 N–H and O–H groups in total. The van der Waals surface area contributed by atoms with Gasteiger partial charge in [-0.25, -0.2) is 28.9 Å². The summed E-state index contributed by atoms with van der Waals surface area (Å²) in [5, 5.41) is 22.7. The molecule has 0 bridgehead atoms. The van der Waals surface area contributed by atoms with Crippen molar-refractivity contribution in [1.82, 2.24) is 34.0 Å². The number of fused-ring (bicyclic) bond motifs is 1. The van der Waals surface area contributed by atoms with Crippen molar-refractivity contribution in [3.63, 3.8) is 0 Å². The number of hydrogen-bond donors (Lipinski definition) is 7. The number of aliphatic hydroxyl groups excluding tert-OH is 2. The number of aliphatic hydroxyl groups is 2. The van der Waals surface area contributed by atoms with E-state index in [0.717, 1.165) is 17.1 Å². The number of allylic oxidation sites excluding steroid dienone is 1. The van der Waals surface area contributed by atoms with Gasteiger partial charge in [-0.3, -0.25) is 32.3 Å². The Bertz CT molecular complexity index is 2370. The number of phosphoric acid groups is 2. The highest BCUT2D eigenvalue weighted by Crippen LogP contribution is 2.50. The van der Waals surface area contributed by atoms with Gasteiger partial charge >= 0.3 is 27.3 Å². The van der Waals surface area contributed by atoms with Crippen LogP contribution in [0.5, 0.6) is 5.75 Å². The monoisotopic (exact) mass is 911 g/mol. The SMILES string of the molecule is C=CCCC(=O)N(CCOc1ccccc1)CC(=O)O[C@H]1[C@@H](O)[C@H](n2cnc3c(N)ncnc32)O[C@@H]1COP(=O)(O)O[C@H]1[C@@H](O)[C@H](n2ccc(N)nc2=O)O[C@@H]1COP(=O)(O)O. The average molecular weight is 912 g/mol. The second-order valence-electron chi connectivity index (χ2n) is 13.6. The van der Waals surface area contributed by atoms with E-state index in [4.69, 9.17) is 39.5 Å². The summed E-state index contributed by atoms with van der Waals surface area (Å²) >= 11 is 0. The fourth-order valence-electron chi connectivity index (χ4n) is 6.45. The van der Waals surface area contributed by atoms with E-state index in [1.54, 1.807) is 30.3 Å². The lowest BCUT2D eigenvalue weighted by molar-refractivity contribution is -0.160. The summed E-state index contributed by atoms with van der Waals surface area (Å²) in [6.45, 7) is 0.963. The van der Waals surface area contributed by atoms with Gasteiger partial charge in [0.1, 0.15) is 67.1 Å². The lowest BCUT2D eigenvalue weighted by Crippen LogP contribution is -2.43. The maximum absolute atomic E-state index is 13.6. The van der Waals surface area contributed by atoms with E-state index < -0.39 is 102 Å². The summed E-state index contributed by atoms with van der Waals surface area (Å²) in [7, 11) is -10.6. The number of carbonyl (C=O) groups excluding carboxylic acids is 2. The molecule has 1 unspecified atom stereocenters.